The zero-order valence-corrected chi connectivity index (χ0v) is 21.0. The van der Waals surface area contributed by atoms with Gasteiger partial charge in [0.25, 0.3) is 11.8 Å². The number of hydrogen-bond acceptors (Lipinski definition) is 6. The Kier molecular flexibility index (Phi) is 5.91. The topological polar surface area (TPSA) is 91.4 Å². The molecule has 37 heavy (non-hydrogen) atoms. The summed E-state index contributed by atoms with van der Waals surface area (Å²) in [5.74, 6) is -3.94. The minimum absolute atomic E-state index is 0.145. The molecule has 196 valence electrons. The van der Waals surface area contributed by atoms with E-state index in [4.69, 9.17) is 19.0 Å². The Balaban J connectivity index is 1.38. The van der Waals surface area contributed by atoms with E-state index in [1.165, 1.54) is 0 Å². The molecule has 8 nitrogen and oxygen atoms in total. The van der Waals surface area contributed by atoms with Gasteiger partial charge in [0.2, 0.25) is 5.76 Å². The fraction of sp³-hybridized carbons (Fsp3) is 0.519. The second-order valence-electron chi connectivity index (χ2n) is 10.5. The fourth-order valence-electron chi connectivity index (χ4n) is 5.66. The van der Waals surface area contributed by atoms with Crippen LogP contribution < -0.4 is 5.32 Å². The van der Waals surface area contributed by atoms with Crippen LogP contribution in [0.15, 0.2) is 28.9 Å². The minimum atomic E-state index is -3.31. The summed E-state index contributed by atoms with van der Waals surface area (Å²) < 4.78 is 48.9. The van der Waals surface area contributed by atoms with Crippen molar-refractivity contribution in [2.75, 3.05) is 26.4 Å². The molecular formula is C27H30F2N4O4. The number of pyridine rings is 1. The van der Waals surface area contributed by atoms with Gasteiger partial charge in [-0.3, -0.25) is 14.5 Å². The van der Waals surface area contributed by atoms with Crippen LogP contribution in [0.4, 0.5) is 8.78 Å². The fourth-order valence-corrected chi connectivity index (χ4v) is 5.66. The highest BCUT2D eigenvalue weighted by molar-refractivity contribution is 5.96. The summed E-state index contributed by atoms with van der Waals surface area (Å²) in [5.41, 5.74) is 2.95. The summed E-state index contributed by atoms with van der Waals surface area (Å²) in [7, 11) is 0. The average molecular weight is 513 g/mol. The van der Waals surface area contributed by atoms with Crippen LogP contribution in [0, 0.1) is 6.92 Å². The van der Waals surface area contributed by atoms with Gasteiger partial charge >= 0.3 is 0 Å². The first-order valence-electron chi connectivity index (χ1n) is 12.7. The average Bonchev–Trinajstić information content (AvgIpc) is 3.44. The lowest BCUT2D eigenvalue weighted by molar-refractivity contribution is -0.0856. The molecule has 0 aromatic carbocycles. The van der Waals surface area contributed by atoms with Gasteiger partial charge in [-0.15, -0.1) is 0 Å². The predicted molar refractivity (Wildman–Crippen MR) is 130 cm³/mol. The van der Waals surface area contributed by atoms with E-state index in [1.54, 1.807) is 10.9 Å². The predicted octanol–water partition coefficient (Wildman–Crippen LogP) is 4.13. The van der Waals surface area contributed by atoms with Gasteiger partial charge in [0.15, 0.2) is 0 Å². The third kappa shape index (κ3) is 4.35. The number of carbonyl (C=O) groups is 1. The van der Waals surface area contributed by atoms with Gasteiger partial charge in [0, 0.05) is 43.3 Å². The van der Waals surface area contributed by atoms with E-state index in [0.717, 1.165) is 43.0 Å². The summed E-state index contributed by atoms with van der Waals surface area (Å²) >= 11 is 0. The van der Waals surface area contributed by atoms with Gasteiger partial charge in [-0.25, -0.2) is 8.78 Å². The Morgan fingerprint density at radius 2 is 2.14 bits per heavy atom. The van der Waals surface area contributed by atoms with E-state index in [0.29, 0.717) is 44.2 Å². The number of aromatic nitrogens is 3. The maximum Gasteiger partial charge on any atom is 0.287 e. The van der Waals surface area contributed by atoms with Crippen molar-refractivity contribution >= 4 is 5.91 Å². The zero-order valence-electron chi connectivity index (χ0n) is 21.0. The molecule has 3 aliphatic rings. The Labute approximate surface area is 213 Å². The molecule has 10 heteroatoms. The maximum atomic E-state index is 15.1. The Bertz CT molecular complexity index is 1320. The molecule has 0 unspecified atom stereocenters. The SMILES string of the molecule is Cc1ccc(Cn2cc3c(n2)-c2c(oc(C(=O)NC[C@@H]4COCCO4)c2C(C)(F)F)CC32CCC2)nc1. The summed E-state index contributed by atoms with van der Waals surface area (Å²) in [6, 6.07) is 3.92. The molecule has 1 saturated heterocycles. The first-order chi connectivity index (χ1) is 17.7. The van der Waals surface area contributed by atoms with Crippen LogP contribution in [0.3, 0.4) is 0 Å². The standard InChI is InChI=1S/C27H30F2N4O4/c1-16-4-5-17(30-11-16)13-33-14-19-23(32-33)21-20(10-27(19)6-3-7-27)37-24(22(21)26(2,28)29)25(34)31-12-18-15-35-8-9-36-18/h4-5,11,14,18H,3,6-10,12-13,15H2,1-2H3,(H,31,34)/t18-/m1/s1. The molecule has 1 saturated carbocycles. The molecule has 1 aliphatic heterocycles. The number of ether oxygens (including phenoxy) is 2. The van der Waals surface area contributed by atoms with Crippen molar-refractivity contribution in [1.29, 1.82) is 0 Å². The number of halogens is 2. The van der Waals surface area contributed by atoms with Crippen molar-refractivity contribution in [3.63, 3.8) is 0 Å². The van der Waals surface area contributed by atoms with Crippen molar-refractivity contribution in [3.8, 4) is 11.3 Å². The Morgan fingerprint density at radius 3 is 2.78 bits per heavy atom. The quantitative estimate of drug-likeness (QED) is 0.534. The van der Waals surface area contributed by atoms with Crippen LogP contribution in [0.1, 0.15) is 64.9 Å². The number of rotatable bonds is 6. The lowest BCUT2D eigenvalue weighted by atomic mass is 9.59. The van der Waals surface area contributed by atoms with E-state index in [9.17, 15) is 4.79 Å². The highest BCUT2D eigenvalue weighted by Crippen LogP contribution is 2.56. The smallest absolute Gasteiger partial charge is 0.287 e. The molecule has 1 amide bonds. The van der Waals surface area contributed by atoms with E-state index in [-0.39, 0.29) is 29.4 Å². The highest BCUT2D eigenvalue weighted by atomic mass is 19.3. The van der Waals surface area contributed by atoms with Gasteiger partial charge in [0.05, 0.1) is 49.3 Å². The van der Waals surface area contributed by atoms with Crippen LogP contribution >= 0.6 is 0 Å². The van der Waals surface area contributed by atoms with Crippen molar-refractivity contribution in [1.82, 2.24) is 20.1 Å². The summed E-state index contributed by atoms with van der Waals surface area (Å²) in [4.78, 5) is 17.6. The zero-order chi connectivity index (χ0) is 25.8. The van der Waals surface area contributed by atoms with Crippen LogP contribution in [0.5, 0.6) is 0 Å². The van der Waals surface area contributed by atoms with E-state index in [2.05, 4.69) is 10.3 Å². The molecular weight excluding hydrogens is 482 g/mol. The number of amides is 1. The molecule has 1 spiro atoms. The molecule has 6 rings (SSSR count). The lowest BCUT2D eigenvalue weighted by Crippen LogP contribution is -2.40. The monoisotopic (exact) mass is 512 g/mol. The van der Waals surface area contributed by atoms with E-state index < -0.39 is 17.4 Å². The second kappa shape index (κ2) is 9.02. The van der Waals surface area contributed by atoms with Gasteiger partial charge in [-0.05, 0) is 31.4 Å². The number of fused-ring (bicyclic) bond motifs is 4. The molecule has 3 aromatic heterocycles. The molecule has 2 aliphatic carbocycles. The van der Waals surface area contributed by atoms with Crippen molar-refractivity contribution in [2.24, 2.45) is 0 Å². The summed E-state index contributed by atoms with van der Waals surface area (Å²) in [6.45, 7) is 4.61. The van der Waals surface area contributed by atoms with Gasteiger partial charge in [-0.1, -0.05) is 12.5 Å². The molecule has 2 fully saturated rings. The normalized spacial score (nSPS) is 20.3. The number of furan rings is 1. The van der Waals surface area contributed by atoms with Crippen molar-refractivity contribution in [2.45, 2.75) is 63.5 Å². The summed E-state index contributed by atoms with van der Waals surface area (Å²) in [5, 5.41) is 7.47. The van der Waals surface area contributed by atoms with Gasteiger partial charge < -0.3 is 19.2 Å². The van der Waals surface area contributed by atoms with E-state index in [1.807, 2.05) is 25.3 Å². The maximum absolute atomic E-state index is 15.1. The summed E-state index contributed by atoms with van der Waals surface area (Å²) in [6.07, 6.45) is 6.80. The Hall–Kier alpha value is -3.11. The van der Waals surface area contributed by atoms with Gasteiger partial charge in [0.1, 0.15) is 11.5 Å². The van der Waals surface area contributed by atoms with Gasteiger partial charge in [-0.2, -0.15) is 5.10 Å². The van der Waals surface area contributed by atoms with Crippen LogP contribution in [-0.4, -0.2) is 53.1 Å². The number of nitrogens with one attached hydrogen (secondary N) is 1. The molecule has 0 radical (unpaired) electrons. The van der Waals surface area contributed by atoms with Crippen LogP contribution in [0.2, 0.25) is 0 Å². The first kappa shape index (κ1) is 24.2. The molecule has 3 aromatic rings. The molecule has 1 N–H and O–H groups in total. The van der Waals surface area contributed by atoms with Crippen molar-refractivity contribution < 1.29 is 27.5 Å². The third-order valence-electron chi connectivity index (χ3n) is 7.68. The number of carbonyl (C=O) groups excluding carboxylic acids is 1. The van der Waals surface area contributed by atoms with Crippen LogP contribution in [-0.2, 0) is 33.8 Å². The van der Waals surface area contributed by atoms with Crippen molar-refractivity contribution in [3.05, 3.63) is 58.4 Å². The first-order valence-corrected chi connectivity index (χ1v) is 12.7. The second-order valence-corrected chi connectivity index (χ2v) is 10.5. The molecule has 1 atom stereocenters. The van der Waals surface area contributed by atoms with Crippen LogP contribution in [0.25, 0.3) is 11.3 Å². The highest BCUT2D eigenvalue weighted by Gasteiger charge is 2.50. The van der Waals surface area contributed by atoms with E-state index >= 15 is 8.78 Å². The molecule has 0 bridgehead atoms. The third-order valence-corrected chi connectivity index (χ3v) is 7.68. The minimum Gasteiger partial charge on any atom is -0.455 e. The number of nitrogens with zero attached hydrogens (tertiary/aromatic N) is 3. The molecule has 4 heterocycles. The number of hydrogen-bond donors (Lipinski definition) is 1. The largest absolute Gasteiger partial charge is 0.455 e. The number of aryl methyl sites for hydroxylation is 1. The Morgan fingerprint density at radius 1 is 1.30 bits per heavy atom. The number of alkyl halides is 2. The lowest BCUT2D eigenvalue weighted by Gasteiger charge is -2.43.